The average Bonchev–Trinajstić information content (AvgIpc) is 3.16. The van der Waals surface area contributed by atoms with E-state index in [1.165, 1.54) is 11.1 Å². The lowest BCUT2D eigenvalue weighted by atomic mass is 10.1. The standard InChI is InChI=1S/C23H32F3N5/c1-5-7-17(3)10-21(30-31(6-2)15-20-12-27-11-18(20)4)19-13-28-22(29-14-19)8-9-23(25,26)16-24/h5,10-11,13H,1,6-9,12,14-16H2,2-4H3,(H,28,29)/b17-10-,30-21+. The van der Waals surface area contributed by atoms with Gasteiger partial charge >= 0.3 is 0 Å². The van der Waals surface area contributed by atoms with Crippen LogP contribution in [0.15, 0.2) is 62.3 Å². The molecule has 1 N–H and O–H groups in total. The van der Waals surface area contributed by atoms with Crippen LogP contribution in [0, 0.1) is 0 Å². The highest BCUT2D eigenvalue weighted by atomic mass is 19.3. The van der Waals surface area contributed by atoms with E-state index in [0.29, 0.717) is 25.5 Å². The van der Waals surface area contributed by atoms with Gasteiger partial charge in [-0.25, -0.2) is 18.2 Å². The van der Waals surface area contributed by atoms with E-state index in [-0.39, 0.29) is 6.42 Å². The minimum Gasteiger partial charge on any atom is -0.369 e. The molecule has 0 saturated heterocycles. The van der Waals surface area contributed by atoms with E-state index in [9.17, 15) is 13.2 Å². The lowest BCUT2D eigenvalue weighted by Crippen LogP contribution is -2.33. The summed E-state index contributed by atoms with van der Waals surface area (Å²) in [5.41, 5.74) is 5.13. The molecule has 0 aromatic rings. The molecule has 0 fully saturated rings. The maximum Gasteiger partial charge on any atom is 0.276 e. The number of allylic oxidation sites excluding steroid dienone is 4. The molecule has 2 aliphatic heterocycles. The maximum atomic E-state index is 13.2. The zero-order valence-corrected chi connectivity index (χ0v) is 18.6. The fraction of sp³-hybridized carbons (Fsp3) is 0.522. The largest absolute Gasteiger partial charge is 0.369 e. The number of hydrogen-bond donors (Lipinski definition) is 1. The molecule has 0 spiro atoms. The van der Waals surface area contributed by atoms with E-state index in [2.05, 4.69) is 28.8 Å². The van der Waals surface area contributed by atoms with Crippen molar-refractivity contribution in [2.24, 2.45) is 15.1 Å². The molecule has 8 heteroatoms. The summed E-state index contributed by atoms with van der Waals surface area (Å²) in [6.45, 7) is 10.8. The van der Waals surface area contributed by atoms with E-state index in [1.807, 2.05) is 37.2 Å². The molecule has 0 radical (unpaired) electrons. The van der Waals surface area contributed by atoms with Crippen LogP contribution in [-0.4, -0.2) is 61.5 Å². The van der Waals surface area contributed by atoms with Gasteiger partial charge in [-0.15, -0.1) is 6.58 Å². The zero-order valence-electron chi connectivity index (χ0n) is 18.6. The van der Waals surface area contributed by atoms with Crippen molar-refractivity contribution in [2.75, 3.05) is 32.9 Å². The number of nitrogens with zero attached hydrogens (tertiary/aromatic N) is 4. The Bertz CT molecular complexity index is 834. The van der Waals surface area contributed by atoms with Crippen molar-refractivity contribution in [1.29, 1.82) is 0 Å². The van der Waals surface area contributed by atoms with Crippen LogP contribution in [0.5, 0.6) is 0 Å². The highest BCUT2D eigenvalue weighted by Crippen LogP contribution is 2.21. The Morgan fingerprint density at radius 1 is 1.42 bits per heavy atom. The molecule has 0 bridgehead atoms. The van der Waals surface area contributed by atoms with Crippen molar-refractivity contribution in [1.82, 2.24) is 10.3 Å². The predicted octanol–water partition coefficient (Wildman–Crippen LogP) is 4.86. The smallest absolute Gasteiger partial charge is 0.276 e. The topological polar surface area (TPSA) is 52.4 Å². The van der Waals surface area contributed by atoms with E-state index in [0.717, 1.165) is 29.8 Å². The Morgan fingerprint density at radius 2 is 2.19 bits per heavy atom. The van der Waals surface area contributed by atoms with Gasteiger partial charge in [-0.2, -0.15) is 5.10 Å². The monoisotopic (exact) mass is 435 g/mol. The molecule has 0 unspecified atom stereocenters. The summed E-state index contributed by atoms with van der Waals surface area (Å²) in [6.07, 6.45) is 7.54. The first kappa shape index (κ1) is 24.6. The second-order valence-electron chi connectivity index (χ2n) is 7.78. The average molecular weight is 436 g/mol. The van der Waals surface area contributed by atoms with Crippen LogP contribution in [0.2, 0.25) is 0 Å². The van der Waals surface area contributed by atoms with Gasteiger partial charge in [-0.05, 0) is 44.4 Å². The van der Waals surface area contributed by atoms with Crippen LogP contribution < -0.4 is 5.32 Å². The van der Waals surface area contributed by atoms with Crippen molar-refractivity contribution in [3.63, 3.8) is 0 Å². The molecule has 31 heavy (non-hydrogen) atoms. The number of aliphatic imine (C=N–C) groups is 2. The third-order valence-corrected chi connectivity index (χ3v) is 5.07. The molecule has 0 aliphatic carbocycles. The van der Waals surface area contributed by atoms with E-state index < -0.39 is 19.0 Å². The Morgan fingerprint density at radius 3 is 2.74 bits per heavy atom. The third-order valence-electron chi connectivity index (χ3n) is 5.07. The minimum atomic E-state index is -3.32. The van der Waals surface area contributed by atoms with Crippen LogP contribution in [-0.2, 0) is 0 Å². The summed E-state index contributed by atoms with van der Waals surface area (Å²) in [5.74, 6) is -2.89. The normalized spacial score (nSPS) is 17.5. The minimum absolute atomic E-state index is 0.00692. The number of rotatable bonds is 12. The number of halogens is 3. The second kappa shape index (κ2) is 11.7. The second-order valence-corrected chi connectivity index (χ2v) is 7.78. The summed E-state index contributed by atoms with van der Waals surface area (Å²) in [4.78, 5) is 8.59. The molecular formula is C23H32F3N5. The summed E-state index contributed by atoms with van der Waals surface area (Å²) in [7, 11) is 0. The van der Waals surface area contributed by atoms with Crippen LogP contribution >= 0.6 is 0 Å². The first-order chi connectivity index (χ1) is 14.8. The molecule has 170 valence electrons. The Kier molecular flexibility index (Phi) is 9.27. The third kappa shape index (κ3) is 7.84. The van der Waals surface area contributed by atoms with Gasteiger partial charge in [0.2, 0.25) is 0 Å². The fourth-order valence-corrected chi connectivity index (χ4v) is 3.10. The van der Waals surface area contributed by atoms with Crippen LogP contribution in [0.3, 0.4) is 0 Å². The number of alkyl halides is 3. The molecule has 2 aliphatic rings. The molecule has 0 atom stereocenters. The van der Waals surface area contributed by atoms with Gasteiger partial charge in [0.1, 0.15) is 5.84 Å². The van der Waals surface area contributed by atoms with Gasteiger partial charge in [-0.3, -0.25) is 10.0 Å². The highest BCUT2D eigenvalue weighted by molar-refractivity contribution is 6.09. The van der Waals surface area contributed by atoms with E-state index in [4.69, 9.17) is 5.10 Å². The van der Waals surface area contributed by atoms with Crippen molar-refractivity contribution >= 4 is 17.8 Å². The maximum absolute atomic E-state index is 13.2. The lowest BCUT2D eigenvalue weighted by molar-refractivity contribution is -0.0282. The molecule has 0 saturated carbocycles. The molecule has 2 rings (SSSR count). The van der Waals surface area contributed by atoms with Crippen molar-refractivity contribution in [3.05, 3.63) is 47.2 Å². The molecule has 0 amide bonds. The van der Waals surface area contributed by atoms with Crippen molar-refractivity contribution in [2.45, 2.75) is 46.0 Å². The number of likely N-dealkylation sites (N-methyl/N-ethyl adjacent to an activating group) is 1. The number of hydrazone groups is 1. The molecular weight excluding hydrogens is 403 g/mol. The zero-order chi connectivity index (χ0) is 22.9. The number of nitrogens with one attached hydrogen (secondary N) is 1. The van der Waals surface area contributed by atoms with Gasteiger partial charge < -0.3 is 5.32 Å². The highest BCUT2D eigenvalue weighted by Gasteiger charge is 2.29. The van der Waals surface area contributed by atoms with Crippen LogP contribution in [0.25, 0.3) is 0 Å². The van der Waals surface area contributed by atoms with Crippen LogP contribution in [0.4, 0.5) is 13.2 Å². The number of hydrogen-bond acceptors (Lipinski definition) is 5. The Balaban J connectivity index is 2.23. The molecule has 2 heterocycles. The Hall–Kier alpha value is -2.64. The number of amidine groups is 1. The quantitative estimate of drug-likeness (QED) is 0.270. The van der Waals surface area contributed by atoms with E-state index in [1.54, 1.807) is 6.20 Å². The Labute approximate surface area is 182 Å². The summed E-state index contributed by atoms with van der Waals surface area (Å²) in [5, 5.41) is 9.92. The summed E-state index contributed by atoms with van der Waals surface area (Å²) >= 11 is 0. The predicted molar refractivity (Wildman–Crippen MR) is 123 cm³/mol. The first-order valence-electron chi connectivity index (χ1n) is 10.5. The molecule has 5 nitrogen and oxygen atoms in total. The van der Waals surface area contributed by atoms with Gasteiger partial charge in [0.25, 0.3) is 5.92 Å². The van der Waals surface area contributed by atoms with Crippen LogP contribution in [0.1, 0.15) is 40.0 Å². The SMILES string of the molecule is C=CC/C(C)=C\C(=N/N(CC)CC1=C(C)C=NC1)C1=CN=C(CCC(F)(F)CF)NC1. The molecule has 0 aromatic carbocycles. The van der Waals surface area contributed by atoms with Crippen molar-refractivity contribution < 1.29 is 13.2 Å². The van der Waals surface area contributed by atoms with Gasteiger partial charge in [-0.1, -0.05) is 11.6 Å². The van der Waals surface area contributed by atoms with Gasteiger partial charge in [0.05, 0.1) is 18.8 Å². The van der Waals surface area contributed by atoms with Crippen molar-refractivity contribution in [3.8, 4) is 0 Å². The van der Waals surface area contributed by atoms with Gasteiger partial charge in [0.15, 0.2) is 6.67 Å². The first-order valence-corrected chi connectivity index (χ1v) is 10.5. The summed E-state index contributed by atoms with van der Waals surface area (Å²) in [6, 6.07) is 0. The summed E-state index contributed by atoms with van der Waals surface area (Å²) < 4.78 is 38.7. The lowest BCUT2D eigenvalue weighted by Gasteiger charge is -2.22. The fourth-order valence-electron chi connectivity index (χ4n) is 3.10. The van der Waals surface area contributed by atoms with Gasteiger partial charge in [0, 0.05) is 43.9 Å². The molecule has 0 aromatic heterocycles. The van der Waals surface area contributed by atoms with E-state index >= 15 is 0 Å².